The van der Waals surface area contributed by atoms with Crippen LogP contribution in [0.4, 0.5) is 5.69 Å². The number of nitrogens with zero attached hydrogens (tertiary/aromatic N) is 1. The lowest BCUT2D eigenvalue weighted by Gasteiger charge is -2.15. The fourth-order valence-corrected chi connectivity index (χ4v) is 2.56. The predicted octanol–water partition coefficient (Wildman–Crippen LogP) is 0.901. The molecule has 0 aromatic heterocycles. The van der Waals surface area contributed by atoms with E-state index in [4.69, 9.17) is 18.0 Å². The largest absolute Gasteiger partial charge is 0.376 e. The first-order valence-corrected chi connectivity index (χ1v) is 6.69. The van der Waals surface area contributed by atoms with Gasteiger partial charge in [-0.2, -0.15) is 0 Å². The highest BCUT2D eigenvalue weighted by Crippen LogP contribution is 2.22. The number of nitrogens with two attached hydrogens (primary N) is 1. The van der Waals surface area contributed by atoms with Gasteiger partial charge in [0, 0.05) is 19.8 Å². The zero-order chi connectivity index (χ0) is 13.2. The molecule has 0 saturated heterocycles. The summed E-state index contributed by atoms with van der Waals surface area (Å²) in [6, 6.07) is 4.95. The number of anilines is 1. The highest BCUT2D eigenvalue weighted by molar-refractivity contribution is 7.89. The Labute approximate surface area is 107 Å². The van der Waals surface area contributed by atoms with Crippen LogP contribution in [0.3, 0.4) is 0 Å². The molecule has 0 fully saturated rings. The third kappa shape index (κ3) is 3.15. The minimum atomic E-state index is -3.46. The number of nitrogens with one attached hydrogen (secondary N) is 1. The van der Waals surface area contributed by atoms with Crippen molar-refractivity contribution in [2.75, 3.05) is 19.4 Å². The molecule has 0 radical (unpaired) electrons. The summed E-state index contributed by atoms with van der Waals surface area (Å²) in [5.41, 5.74) is 6.57. The van der Waals surface area contributed by atoms with Crippen molar-refractivity contribution < 1.29 is 8.42 Å². The van der Waals surface area contributed by atoms with Crippen LogP contribution in [0.25, 0.3) is 0 Å². The Morgan fingerprint density at radius 2 is 2.00 bits per heavy atom. The molecule has 17 heavy (non-hydrogen) atoms. The van der Waals surface area contributed by atoms with Crippen molar-refractivity contribution in [3.8, 4) is 0 Å². The van der Waals surface area contributed by atoms with Crippen molar-refractivity contribution in [2.45, 2.75) is 11.8 Å². The normalized spacial score (nSPS) is 11.5. The van der Waals surface area contributed by atoms with Crippen molar-refractivity contribution in [1.29, 1.82) is 0 Å². The standard InChI is InChI=1S/C10H15N3O2S2/c1-7-4-5-8(12-10(11)16)6-9(7)17(14,15)13(2)3/h4-6H,1-3H3,(H3,11,12,16). The van der Waals surface area contributed by atoms with E-state index in [2.05, 4.69) is 5.32 Å². The first kappa shape index (κ1) is 13.9. The van der Waals surface area contributed by atoms with Crippen LogP contribution in [0.1, 0.15) is 5.56 Å². The van der Waals surface area contributed by atoms with E-state index in [-0.39, 0.29) is 10.0 Å². The quantitative estimate of drug-likeness (QED) is 0.800. The van der Waals surface area contributed by atoms with Crippen LogP contribution in [-0.4, -0.2) is 31.9 Å². The van der Waals surface area contributed by atoms with Crippen molar-refractivity contribution >= 4 is 33.0 Å². The lowest BCUT2D eigenvalue weighted by atomic mass is 10.2. The average Bonchev–Trinajstić information content (AvgIpc) is 2.19. The maximum Gasteiger partial charge on any atom is 0.242 e. The van der Waals surface area contributed by atoms with Crippen LogP contribution in [0.2, 0.25) is 0 Å². The van der Waals surface area contributed by atoms with Crippen molar-refractivity contribution in [3.63, 3.8) is 0 Å². The lowest BCUT2D eigenvalue weighted by Crippen LogP contribution is -2.24. The molecule has 0 bridgehead atoms. The smallest absolute Gasteiger partial charge is 0.242 e. The van der Waals surface area contributed by atoms with Crippen LogP contribution in [0, 0.1) is 6.92 Å². The predicted molar refractivity (Wildman–Crippen MR) is 72.5 cm³/mol. The molecule has 0 saturated carbocycles. The summed E-state index contributed by atoms with van der Waals surface area (Å²) < 4.78 is 25.2. The second-order valence-corrected chi connectivity index (χ2v) is 6.32. The molecule has 3 N–H and O–H groups in total. The molecule has 0 unspecified atom stereocenters. The molecule has 94 valence electrons. The van der Waals surface area contributed by atoms with E-state index < -0.39 is 10.0 Å². The van der Waals surface area contributed by atoms with Crippen molar-refractivity contribution in [2.24, 2.45) is 5.73 Å². The van der Waals surface area contributed by atoms with Gasteiger partial charge in [0.05, 0.1) is 4.90 Å². The molecular formula is C10H15N3O2S2. The first-order valence-electron chi connectivity index (χ1n) is 4.85. The van der Waals surface area contributed by atoms with E-state index in [1.54, 1.807) is 19.1 Å². The fourth-order valence-electron chi connectivity index (χ4n) is 1.29. The van der Waals surface area contributed by atoms with Gasteiger partial charge >= 0.3 is 0 Å². The molecule has 0 aliphatic carbocycles. The van der Waals surface area contributed by atoms with Gasteiger partial charge in [0.25, 0.3) is 0 Å². The highest BCUT2D eigenvalue weighted by Gasteiger charge is 2.19. The summed E-state index contributed by atoms with van der Waals surface area (Å²) in [4.78, 5) is 0.240. The molecule has 1 aromatic rings. The summed E-state index contributed by atoms with van der Waals surface area (Å²) >= 11 is 4.71. The summed E-state index contributed by atoms with van der Waals surface area (Å²) in [5.74, 6) is 0. The summed E-state index contributed by atoms with van der Waals surface area (Å²) in [7, 11) is -0.480. The number of hydrogen-bond donors (Lipinski definition) is 2. The SMILES string of the molecule is Cc1ccc(NC(N)=S)cc1S(=O)(=O)N(C)C. The zero-order valence-electron chi connectivity index (χ0n) is 9.89. The molecule has 0 amide bonds. The molecule has 0 atom stereocenters. The fraction of sp³-hybridized carbons (Fsp3) is 0.300. The van der Waals surface area contributed by atoms with E-state index in [0.717, 1.165) is 0 Å². The molecule has 0 aliphatic rings. The van der Waals surface area contributed by atoms with Crippen LogP contribution in [0.15, 0.2) is 23.1 Å². The first-order chi connectivity index (χ1) is 7.75. The van der Waals surface area contributed by atoms with Gasteiger partial charge < -0.3 is 11.1 Å². The van der Waals surface area contributed by atoms with Gasteiger partial charge in [-0.25, -0.2) is 12.7 Å². The van der Waals surface area contributed by atoms with Crippen LogP contribution >= 0.6 is 12.2 Å². The van der Waals surface area contributed by atoms with E-state index in [0.29, 0.717) is 11.3 Å². The van der Waals surface area contributed by atoms with E-state index >= 15 is 0 Å². The molecule has 1 rings (SSSR count). The minimum Gasteiger partial charge on any atom is -0.376 e. The zero-order valence-corrected chi connectivity index (χ0v) is 11.5. The Morgan fingerprint density at radius 3 is 2.47 bits per heavy atom. The number of thiocarbonyl (C=S) groups is 1. The number of rotatable bonds is 3. The Kier molecular flexibility index (Phi) is 4.07. The van der Waals surface area contributed by atoms with Crippen LogP contribution < -0.4 is 11.1 Å². The number of sulfonamides is 1. The third-order valence-corrected chi connectivity index (χ3v) is 4.27. The highest BCUT2D eigenvalue weighted by atomic mass is 32.2. The monoisotopic (exact) mass is 273 g/mol. The minimum absolute atomic E-state index is 0.0991. The topological polar surface area (TPSA) is 75.4 Å². The molecule has 0 aliphatic heterocycles. The number of benzene rings is 1. The lowest BCUT2D eigenvalue weighted by molar-refractivity contribution is 0.520. The molecule has 5 nitrogen and oxygen atoms in total. The van der Waals surface area contributed by atoms with E-state index in [1.165, 1.54) is 24.5 Å². The molecule has 0 spiro atoms. The molecular weight excluding hydrogens is 258 g/mol. The van der Waals surface area contributed by atoms with Crippen molar-refractivity contribution in [1.82, 2.24) is 4.31 Å². The number of aryl methyl sites for hydroxylation is 1. The second kappa shape index (κ2) is 4.99. The van der Waals surface area contributed by atoms with Gasteiger partial charge in [-0.1, -0.05) is 6.07 Å². The Hall–Kier alpha value is -1.18. The van der Waals surface area contributed by atoms with Crippen molar-refractivity contribution in [3.05, 3.63) is 23.8 Å². The molecule has 7 heteroatoms. The second-order valence-electron chi connectivity index (χ2n) is 3.76. The van der Waals surface area contributed by atoms with E-state index in [1.807, 2.05) is 0 Å². The van der Waals surface area contributed by atoms with Crippen LogP contribution in [0.5, 0.6) is 0 Å². The summed E-state index contributed by atoms with van der Waals surface area (Å²) in [6.07, 6.45) is 0. The molecule has 1 aromatic carbocycles. The van der Waals surface area contributed by atoms with Gasteiger partial charge in [0.1, 0.15) is 0 Å². The van der Waals surface area contributed by atoms with E-state index in [9.17, 15) is 8.42 Å². The number of hydrogen-bond acceptors (Lipinski definition) is 3. The maximum absolute atomic E-state index is 12.0. The average molecular weight is 273 g/mol. The van der Waals surface area contributed by atoms with Gasteiger partial charge in [-0.15, -0.1) is 0 Å². The van der Waals surface area contributed by atoms with Gasteiger partial charge in [0.15, 0.2) is 5.11 Å². The third-order valence-electron chi connectivity index (χ3n) is 2.21. The Morgan fingerprint density at radius 1 is 1.41 bits per heavy atom. The van der Waals surface area contributed by atoms with Gasteiger partial charge in [-0.05, 0) is 36.8 Å². The summed E-state index contributed by atoms with van der Waals surface area (Å²) in [5, 5.41) is 2.81. The Balaban J connectivity index is 3.29. The Bertz CT molecular complexity index is 538. The maximum atomic E-state index is 12.0. The van der Waals surface area contributed by atoms with Gasteiger partial charge in [0.2, 0.25) is 10.0 Å². The van der Waals surface area contributed by atoms with Gasteiger partial charge in [-0.3, -0.25) is 0 Å². The molecule has 0 heterocycles. The van der Waals surface area contributed by atoms with Crippen LogP contribution in [-0.2, 0) is 10.0 Å². The summed E-state index contributed by atoms with van der Waals surface area (Å²) in [6.45, 7) is 1.74.